The number of thiophene rings is 1. The highest BCUT2D eigenvalue weighted by molar-refractivity contribution is 7.20. The summed E-state index contributed by atoms with van der Waals surface area (Å²) in [5.41, 5.74) is 1.71. The largest absolute Gasteiger partial charge is 0.447 e. The molecule has 2 N–H and O–H groups in total. The third kappa shape index (κ3) is 7.54. The summed E-state index contributed by atoms with van der Waals surface area (Å²) in [5, 5.41) is 10.9. The number of rotatable bonds is 8. The van der Waals surface area contributed by atoms with Crippen LogP contribution in [0.5, 0.6) is 0 Å². The highest BCUT2D eigenvalue weighted by Gasteiger charge is 2.28. The second-order valence-corrected chi connectivity index (χ2v) is 14.2. The van der Waals surface area contributed by atoms with Gasteiger partial charge in [0.2, 0.25) is 0 Å². The molecular weight excluding hydrogens is 574 g/mol. The van der Waals surface area contributed by atoms with Crippen molar-refractivity contribution in [3.63, 3.8) is 0 Å². The van der Waals surface area contributed by atoms with Crippen molar-refractivity contribution in [1.82, 2.24) is 20.0 Å². The molecule has 9 nitrogen and oxygen atoms in total. The summed E-state index contributed by atoms with van der Waals surface area (Å²) in [6.07, 6.45) is 3.06. The average molecular weight is 616 g/mol. The lowest BCUT2D eigenvalue weighted by Gasteiger charge is -2.26. The van der Waals surface area contributed by atoms with Crippen LogP contribution >= 0.6 is 11.3 Å². The molecule has 4 aromatic rings. The van der Waals surface area contributed by atoms with Gasteiger partial charge < -0.3 is 15.4 Å². The van der Waals surface area contributed by atoms with Crippen molar-refractivity contribution in [2.24, 2.45) is 5.41 Å². The van der Waals surface area contributed by atoms with E-state index in [1.54, 1.807) is 18.2 Å². The van der Waals surface area contributed by atoms with Crippen LogP contribution in [0.2, 0.25) is 0 Å². The lowest BCUT2D eigenvalue weighted by atomic mass is 9.94. The fourth-order valence-corrected chi connectivity index (χ4v) is 6.16. The molecule has 0 aliphatic carbocycles. The molecule has 3 heterocycles. The molecule has 1 fully saturated rings. The molecule has 0 spiro atoms. The summed E-state index contributed by atoms with van der Waals surface area (Å²) < 4.78 is 6.67. The number of carbonyl (C=O) groups is 3. The first kappa shape index (κ1) is 31.4. The molecule has 0 bridgehead atoms. The van der Waals surface area contributed by atoms with E-state index in [0.29, 0.717) is 20.7 Å². The van der Waals surface area contributed by atoms with E-state index in [2.05, 4.69) is 20.6 Å². The van der Waals surface area contributed by atoms with Gasteiger partial charge in [-0.3, -0.25) is 14.5 Å². The van der Waals surface area contributed by atoms with Crippen molar-refractivity contribution < 1.29 is 19.1 Å². The van der Waals surface area contributed by atoms with Gasteiger partial charge in [0.25, 0.3) is 11.8 Å². The molecule has 0 atom stereocenters. The van der Waals surface area contributed by atoms with E-state index in [1.807, 2.05) is 77.1 Å². The molecule has 2 aromatic carbocycles. The first-order valence-corrected chi connectivity index (χ1v) is 15.9. The van der Waals surface area contributed by atoms with Crippen molar-refractivity contribution in [1.29, 1.82) is 0 Å². The number of ether oxygens (including phenoxy) is 1. The first-order chi connectivity index (χ1) is 20.9. The molecule has 2 amide bonds. The van der Waals surface area contributed by atoms with Crippen molar-refractivity contribution in [3.05, 3.63) is 82.2 Å². The second kappa shape index (κ2) is 12.9. The summed E-state index contributed by atoms with van der Waals surface area (Å²) in [7, 11) is 0. The Labute approximate surface area is 262 Å². The average Bonchev–Trinajstić information content (AvgIpc) is 3.57. The van der Waals surface area contributed by atoms with Crippen LogP contribution in [0.1, 0.15) is 85.0 Å². The zero-order chi connectivity index (χ0) is 31.5. The number of aromatic nitrogens is 2. The fourth-order valence-electron chi connectivity index (χ4n) is 5.16. The Kier molecular flexibility index (Phi) is 9.22. The topological polar surface area (TPSA) is 106 Å². The third-order valence-electron chi connectivity index (χ3n) is 7.61. The molecule has 0 radical (unpaired) electrons. The molecule has 2 aromatic heterocycles. The molecule has 0 saturated carbocycles. The lowest BCUT2D eigenvalue weighted by Crippen LogP contribution is -2.40. The van der Waals surface area contributed by atoms with Gasteiger partial charge in [-0.15, -0.1) is 16.4 Å². The van der Waals surface area contributed by atoms with Crippen LogP contribution < -0.4 is 10.6 Å². The maximum atomic E-state index is 13.4. The summed E-state index contributed by atoms with van der Waals surface area (Å²) >= 11 is 1.12. The van der Waals surface area contributed by atoms with Crippen LogP contribution in [0.4, 0.5) is 10.6 Å². The van der Waals surface area contributed by atoms with Gasteiger partial charge in [0.15, 0.2) is 5.82 Å². The zero-order valence-corrected chi connectivity index (χ0v) is 26.9. The van der Waals surface area contributed by atoms with Gasteiger partial charge in [0.1, 0.15) is 4.83 Å². The molecule has 5 rings (SSSR count). The SMILES string of the molecule is CC(C)(C)COC(=O)n1nc(NC(=O)c2ccc(CN3CCCCC3)cc2)c2cc(C(=O)NC(C)(C)c3ccccc3)sc21. The molecular formula is C34H41N5O4S. The smallest absolute Gasteiger partial charge is 0.436 e. The predicted molar refractivity (Wildman–Crippen MR) is 174 cm³/mol. The maximum absolute atomic E-state index is 13.4. The Hall–Kier alpha value is -4.02. The number of nitrogens with one attached hydrogen (secondary N) is 2. The van der Waals surface area contributed by atoms with Gasteiger partial charge in [-0.1, -0.05) is 69.7 Å². The monoisotopic (exact) mass is 615 g/mol. The number of nitrogens with zero attached hydrogens (tertiary/aromatic N) is 3. The van der Waals surface area contributed by atoms with Gasteiger partial charge in [-0.25, -0.2) is 4.79 Å². The number of amides is 2. The third-order valence-corrected chi connectivity index (χ3v) is 8.72. The molecule has 1 aliphatic rings. The van der Waals surface area contributed by atoms with E-state index in [1.165, 1.54) is 19.3 Å². The van der Waals surface area contributed by atoms with Crippen LogP contribution in [0.3, 0.4) is 0 Å². The minimum atomic E-state index is -0.675. The van der Waals surface area contributed by atoms with Gasteiger partial charge in [-0.05, 0) is 74.5 Å². The summed E-state index contributed by atoms with van der Waals surface area (Å²) in [4.78, 5) is 43.1. The van der Waals surface area contributed by atoms with Crippen LogP contribution in [-0.4, -0.2) is 52.3 Å². The van der Waals surface area contributed by atoms with Gasteiger partial charge in [0, 0.05) is 12.1 Å². The standard InChI is InChI=1S/C34H41N5O4S/c1-33(2,3)22-43-32(42)39-31-26(20-27(44-31)30(41)36-34(4,5)25-12-8-6-9-13-25)28(37-39)35-29(40)24-16-14-23(15-17-24)21-38-18-10-7-11-19-38/h6,8-9,12-17,20H,7,10-11,18-19,21-22H2,1-5H3,(H,36,41)(H,35,37,40). The number of piperidine rings is 1. The minimum Gasteiger partial charge on any atom is -0.447 e. The summed E-state index contributed by atoms with van der Waals surface area (Å²) in [5.74, 6) is -0.463. The number of likely N-dealkylation sites (tertiary alicyclic amines) is 1. The minimum absolute atomic E-state index is 0.183. The Morgan fingerprint density at radius 3 is 2.25 bits per heavy atom. The molecule has 1 aliphatic heterocycles. The normalized spacial score (nSPS) is 14.4. The van der Waals surface area contributed by atoms with Gasteiger partial charge >= 0.3 is 6.09 Å². The summed E-state index contributed by atoms with van der Waals surface area (Å²) in [6, 6.07) is 18.9. The van der Waals surface area contributed by atoms with E-state index in [-0.39, 0.29) is 29.7 Å². The lowest BCUT2D eigenvalue weighted by molar-refractivity contribution is 0.0915. The Morgan fingerprint density at radius 2 is 1.59 bits per heavy atom. The maximum Gasteiger partial charge on any atom is 0.436 e. The number of benzene rings is 2. The molecule has 44 heavy (non-hydrogen) atoms. The van der Waals surface area contributed by atoms with E-state index in [9.17, 15) is 14.4 Å². The van der Waals surface area contributed by atoms with Gasteiger partial charge in [-0.2, -0.15) is 4.68 Å². The van der Waals surface area contributed by atoms with Crippen LogP contribution in [-0.2, 0) is 16.8 Å². The summed E-state index contributed by atoms with van der Waals surface area (Å²) in [6.45, 7) is 13.0. The molecule has 10 heteroatoms. The predicted octanol–water partition coefficient (Wildman–Crippen LogP) is 7.03. The fraction of sp³-hybridized carbons (Fsp3) is 0.412. The number of carbonyl (C=O) groups excluding carboxylic acids is 3. The Bertz CT molecular complexity index is 1630. The quantitative estimate of drug-likeness (QED) is 0.220. The number of hydrogen-bond donors (Lipinski definition) is 2. The Morgan fingerprint density at radius 1 is 0.909 bits per heavy atom. The number of anilines is 1. The Balaban J connectivity index is 1.39. The van der Waals surface area contributed by atoms with Crippen LogP contribution in [0.25, 0.3) is 10.2 Å². The van der Waals surface area contributed by atoms with E-state index >= 15 is 0 Å². The van der Waals surface area contributed by atoms with Crippen LogP contribution in [0.15, 0.2) is 60.7 Å². The van der Waals surface area contributed by atoms with E-state index < -0.39 is 11.6 Å². The van der Waals surface area contributed by atoms with E-state index in [4.69, 9.17) is 4.74 Å². The first-order valence-electron chi connectivity index (χ1n) is 15.1. The van der Waals surface area contributed by atoms with Crippen molar-refractivity contribution >= 4 is 45.3 Å². The number of hydrogen-bond acceptors (Lipinski definition) is 7. The van der Waals surface area contributed by atoms with E-state index in [0.717, 1.165) is 46.8 Å². The zero-order valence-electron chi connectivity index (χ0n) is 26.1. The van der Waals surface area contributed by atoms with Crippen molar-refractivity contribution in [2.75, 3.05) is 25.0 Å². The van der Waals surface area contributed by atoms with Crippen molar-refractivity contribution in [3.8, 4) is 0 Å². The second-order valence-electron chi connectivity index (χ2n) is 13.1. The van der Waals surface area contributed by atoms with Gasteiger partial charge in [0.05, 0.1) is 22.4 Å². The van der Waals surface area contributed by atoms with Crippen molar-refractivity contribution in [2.45, 2.75) is 66.0 Å². The molecule has 232 valence electrons. The molecule has 1 saturated heterocycles. The highest BCUT2D eigenvalue weighted by Crippen LogP contribution is 2.33. The number of fused-ring (bicyclic) bond motifs is 1. The highest BCUT2D eigenvalue weighted by atomic mass is 32.1. The van der Waals surface area contributed by atoms with Crippen LogP contribution in [0, 0.1) is 5.41 Å². The molecule has 0 unspecified atom stereocenters.